The van der Waals surface area contributed by atoms with Gasteiger partial charge in [0.2, 0.25) is 0 Å². The number of esters is 1. The minimum Gasteiger partial charge on any atom is -0.480 e. The quantitative estimate of drug-likeness (QED) is 0.618. The van der Waals surface area contributed by atoms with E-state index in [2.05, 4.69) is 20.3 Å². The van der Waals surface area contributed by atoms with Gasteiger partial charge in [0.25, 0.3) is 5.91 Å². The van der Waals surface area contributed by atoms with Crippen LogP contribution in [0.15, 0.2) is 6.20 Å². The van der Waals surface area contributed by atoms with Crippen LogP contribution < -0.4 is 5.32 Å². The van der Waals surface area contributed by atoms with Crippen LogP contribution in [0.25, 0.3) is 0 Å². The van der Waals surface area contributed by atoms with Gasteiger partial charge in [0.1, 0.15) is 6.04 Å². The zero-order valence-corrected chi connectivity index (χ0v) is 10.6. The second kappa shape index (κ2) is 6.53. The van der Waals surface area contributed by atoms with Crippen LogP contribution in [0.4, 0.5) is 0 Å². The van der Waals surface area contributed by atoms with Crippen molar-refractivity contribution >= 4 is 17.8 Å². The summed E-state index contributed by atoms with van der Waals surface area (Å²) in [4.78, 5) is 33.8. The molecule has 0 aromatic carbocycles. The lowest BCUT2D eigenvalue weighted by Crippen LogP contribution is -2.41. The number of H-pyrrole nitrogens is 1. The Hall–Kier alpha value is -2.38. The molecule has 0 bridgehead atoms. The SMILES string of the molecule is COC(=O)CCC(NC(=O)c1cn[nH]c1C)C(=O)O. The molecule has 3 N–H and O–H groups in total. The maximum Gasteiger partial charge on any atom is 0.326 e. The Bertz CT molecular complexity index is 482. The molecule has 1 rings (SSSR count). The molecule has 0 spiro atoms. The van der Waals surface area contributed by atoms with Crippen LogP contribution in [-0.4, -0.2) is 46.3 Å². The van der Waals surface area contributed by atoms with Crippen molar-refractivity contribution in [3.63, 3.8) is 0 Å². The average Bonchev–Trinajstić information content (AvgIpc) is 2.79. The predicted octanol–water partition coefficient (Wildman–Crippen LogP) is -0.146. The number of nitrogens with one attached hydrogen (secondary N) is 2. The van der Waals surface area contributed by atoms with Crippen molar-refractivity contribution in [1.29, 1.82) is 0 Å². The molecular formula is C11H15N3O5. The Labute approximate surface area is 109 Å². The number of ether oxygens (including phenoxy) is 1. The minimum absolute atomic E-state index is 0.0371. The number of carbonyl (C=O) groups is 3. The Morgan fingerprint density at radius 1 is 1.53 bits per heavy atom. The summed E-state index contributed by atoms with van der Waals surface area (Å²) in [5, 5.41) is 17.6. The van der Waals surface area contributed by atoms with Gasteiger partial charge < -0.3 is 15.2 Å². The monoisotopic (exact) mass is 269 g/mol. The van der Waals surface area contributed by atoms with Crippen LogP contribution in [0, 0.1) is 6.92 Å². The first kappa shape index (κ1) is 14.7. The molecule has 8 heteroatoms. The number of nitrogens with zero attached hydrogens (tertiary/aromatic N) is 1. The minimum atomic E-state index is -1.21. The molecule has 1 heterocycles. The van der Waals surface area contributed by atoms with Crippen molar-refractivity contribution in [2.75, 3.05) is 7.11 Å². The molecule has 0 aliphatic rings. The highest BCUT2D eigenvalue weighted by atomic mass is 16.5. The number of carboxylic acids is 1. The first-order valence-corrected chi connectivity index (χ1v) is 5.56. The van der Waals surface area contributed by atoms with Crippen molar-refractivity contribution < 1.29 is 24.2 Å². The van der Waals surface area contributed by atoms with Crippen molar-refractivity contribution in [3.8, 4) is 0 Å². The third-order valence-corrected chi connectivity index (χ3v) is 2.54. The molecule has 1 atom stereocenters. The van der Waals surface area contributed by atoms with Gasteiger partial charge in [0.15, 0.2) is 0 Å². The largest absolute Gasteiger partial charge is 0.480 e. The van der Waals surface area contributed by atoms with E-state index >= 15 is 0 Å². The van der Waals surface area contributed by atoms with Gasteiger partial charge in [-0.15, -0.1) is 0 Å². The number of aliphatic carboxylic acids is 1. The van der Waals surface area contributed by atoms with E-state index in [1.54, 1.807) is 6.92 Å². The molecule has 0 saturated carbocycles. The number of aromatic nitrogens is 2. The summed E-state index contributed by atoms with van der Waals surface area (Å²) < 4.78 is 4.42. The Kier molecular flexibility index (Phi) is 5.04. The summed E-state index contributed by atoms with van der Waals surface area (Å²) in [5.41, 5.74) is 0.805. The summed E-state index contributed by atoms with van der Waals surface area (Å²) in [6.45, 7) is 1.64. The first-order chi connectivity index (χ1) is 8.95. The number of methoxy groups -OCH3 is 1. The molecule has 1 aromatic rings. The Balaban J connectivity index is 2.64. The summed E-state index contributed by atoms with van der Waals surface area (Å²) in [6.07, 6.45) is 1.19. The number of carboxylic acid groups (broad SMARTS) is 1. The molecule has 0 radical (unpaired) electrons. The maximum atomic E-state index is 11.8. The molecule has 104 valence electrons. The lowest BCUT2D eigenvalue weighted by atomic mass is 10.1. The zero-order chi connectivity index (χ0) is 14.4. The van der Waals surface area contributed by atoms with Gasteiger partial charge in [0, 0.05) is 12.1 Å². The first-order valence-electron chi connectivity index (χ1n) is 5.56. The highest BCUT2D eigenvalue weighted by Gasteiger charge is 2.23. The van der Waals surface area contributed by atoms with Crippen LogP contribution in [0.1, 0.15) is 28.9 Å². The van der Waals surface area contributed by atoms with Crippen molar-refractivity contribution in [2.24, 2.45) is 0 Å². The van der Waals surface area contributed by atoms with Crippen LogP contribution in [0.3, 0.4) is 0 Å². The van der Waals surface area contributed by atoms with Gasteiger partial charge in [-0.25, -0.2) is 4.79 Å². The van der Waals surface area contributed by atoms with Crippen molar-refractivity contribution in [1.82, 2.24) is 15.5 Å². The topological polar surface area (TPSA) is 121 Å². The Morgan fingerprint density at radius 2 is 2.21 bits per heavy atom. The van der Waals surface area contributed by atoms with Gasteiger partial charge in [-0.1, -0.05) is 0 Å². The molecule has 0 saturated heterocycles. The summed E-state index contributed by atoms with van der Waals surface area (Å²) in [7, 11) is 1.21. The summed E-state index contributed by atoms with van der Waals surface area (Å²) in [5.74, 6) is -2.29. The number of rotatable bonds is 6. The second-order valence-electron chi connectivity index (χ2n) is 3.89. The van der Waals surface area contributed by atoms with Crippen molar-refractivity contribution in [2.45, 2.75) is 25.8 Å². The van der Waals surface area contributed by atoms with E-state index in [1.165, 1.54) is 13.3 Å². The molecule has 1 aromatic heterocycles. The Morgan fingerprint density at radius 3 is 2.68 bits per heavy atom. The van der Waals surface area contributed by atoms with Crippen LogP contribution in [-0.2, 0) is 14.3 Å². The van der Waals surface area contributed by atoms with Crippen LogP contribution in [0.2, 0.25) is 0 Å². The van der Waals surface area contributed by atoms with E-state index in [-0.39, 0.29) is 18.4 Å². The van der Waals surface area contributed by atoms with Gasteiger partial charge >= 0.3 is 11.9 Å². The molecule has 1 unspecified atom stereocenters. The fraction of sp³-hybridized carbons (Fsp3) is 0.455. The second-order valence-corrected chi connectivity index (χ2v) is 3.89. The van der Waals surface area contributed by atoms with E-state index in [4.69, 9.17) is 5.11 Å². The summed E-state index contributed by atoms with van der Waals surface area (Å²) in [6, 6.07) is -1.15. The third-order valence-electron chi connectivity index (χ3n) is 2.54. The highest BCUT2D eigenvalue weighted by molar-refractivity contribution is 5.97. The number of aromatic amines is 1. The fourth-order valence-corrected chi connectivity index (χ4v) is 1.44. The molecule has 8 nitrogen and oxygen atoms in total. The number of hydrogen-bond donors (Lipinski definition) is 3. The normalized spacial score (nSPS) is 11.7. The molecule has 0 fully saturated rings. The van der Waals surface area contributed by atoms with E-state index in [0.29, 0.717) is 5.69 Å². The third kappa shape index (κ3) is 4.09. The fourth-order valence-electron chi connectivity index (χ4n) is 1.44. The van der Waals surface area contributed by atoms with Gasteiger partial charge in [0.05, 0.1) is 18.9 Å². The standard InChI is InChI=1S/C11H15N3O5/c1-6-7(5-12-14-6)10(16)13-8(11(17)18)3-4-9(15)19-2/h5,8H,3-4H2,1-2H3,(H,12,14)(H,13,16)(H,17,18). The molecule has 0 aliphatic carbocycles. The van der Waals surface area contributed by atoms with Crippen LogP contribution >= 0.6 is 0 Å². The predicted molar refractivity (Wildman–Crippen MR) is 63.5 cm³/mol. The highest BCUT2D eigenvalue weighted by Crippen LogP contribution is 2.05. The smallest absolute Gasteiger partial charge is 0.326 e. The van der Waals surface area contributed by atoms with E-state index in [9.17, 15) is 14.4 Å². The molecular weight excluding hydrogens is 254 g/mol. The number of amides is 1. The maximum absolute atomic E-state index is 11.8. The summed E-state index contributed by atoms with van der Waals surface area (Å²) >= 11 is 0. The number of hydrogen-bond acceptors (Lipinski definition) is 5. The van der Waals surface area contributed by atoms with E-state index < -0.39 is 23.9 Å². The van der Waals surface area contributed by atoms with Crippen molar-refractivity contribution in [3.05, 3.63) is 17.5 Å². The zero-order valence-electron chi connectivity index (χ0n) is 10.6. The van der Waals surface area contributed by atoms with E-state index in [0.717, 1.165) is 0 Å². The molecule has 19 heavy (non-hydrogen) atoms. The van der Waals surface area contributed by atoms with Crippen LogP contribution in [0.5, 0.6) is 0 Å². The van der Waals surface area contributed by atoms with Gasteiger partial charge in [-0.05, 0) is 13.3 Å². The van der Waals surface area contributed by atoms with Gasteiger partial charge in [-0.3, -0.25) is 14.7 Å². The molecule has 0 aliphatic heterocycles. The average molecular weight is 269 g/mol. The molecule has 1 amide bonds. The lowest BCUT2D eigenvalue weighted by molar-refractivity contribution is -0.142. The number of aryl methyl sites for hydroxylation is 1. The lowest BCUT2D eigenvalue weighted by Gasteiger charge is -2.13. The number of carbonyl (C=O) groups excluding carboxylic acids is 2. The van der Waals surface area contributed by atoms with E-state index in [1.807, 2.05) is 0 Å². The van der Waals surface area contributed by atoms with Gasteiger partial charge in [-0.2, -0.15) is 5.10 Å².